The lowest BCUT2D eigenvalue weighted by Crippen LogP contribution is -2.40. The van der Waals surface area contributed by atoms with Crippen LogP contribution in [-0.4, -0.2) is 47.2 Å². The van der Waals surface area contributed by atoms with Gasteiger partial charge in [0.2, 0.25) is 5.88 Å². The number of alkyl halides is 3. The maximum absolute atomic E-state index is 14.2. The van der Waals surface area contributed by atoms with Gasteiger partial charge in [-0.2, -0.15) is 13.2 Å². The molecule has 2 aromatic rings. The lowest BCUT2D eigenvalue weighted by molar-refractivity contribution is -0.140. The number of aromatic nitrogens is 2. The van der Waals surface area contributed by atoms with Crippen LogP contribution in [0.3, 0.4) is 0 Å². The minimum Gasteiger partial charge on any atom is -0.478 e. The summed E-state index contributed by atoms with van der Waals surface area (Å²) in [6, 6.07) is 2.85. The number of nitrogens with zero attached hydrogens (tertiary/aromatic N) is 3. The molecule has 10 heteroatoms. The first-order valence-electron chi connectivity index (χ1n) is 11.5. The third-order valence-corrected chi connectivity index (χ3v) is 6.39. The molecule has 2 atom stereocenters. The van der Waals surface area contributed by atoms with Crippen molar-refractivity contribution in [3.8, 4) is 17.0 Å². The Morgan fingerprint density at radius 1 is 1.38 bits per heavy atom. The summed E-state index contributed by atoms with van der Waals surface area (Å²) in [5.41, 5.74) is 5.02. The van der Waals surface area contributed by atoms with Crippen LogP contribution < -0.4 is 20.7 Å². The molecule has 1 aliphatic heterocycles. The number of halogens is 3. The van der Waals surface area contributed by atoms with Gasteiger partial charge in [-0.3, -0.25) is 9.78 Å². The van der Waals surface area contributed by atoms with Crippen molar-refractivity contribution in [2.75, 3.05) is 24.6 Å². The zero-order valence-electron chi connectivity index (χ0n) is 19.6. The van der Waals surface area contributed by atoms with Gasteiger partial charge in [0.05, 0.1) is 17.9 Å². The highest BCUT2D eigenvalue weighted by atomic mass is 19.4. The van der Waals surface area contributed by atoms with Crippen molar-refractivity contribution in [1.29, 1.82) is 0 Å². The number of anilines is 1. The fourth-order valence-electron chi connectivity index (χ4n) is 4.45. The summed E-state index contributed by atoms with van der Waals surface area (Å²) < 4.78 is 48.0. The Morgan fingerprint density at radius 2 is 2.12 bits per heavy atom. The van der Waals surface area contributed by atoms with Crippen LogP contribution in [0.15, 0.2) is 24.5 Å². The number of amides is 1. The standard InChI is InChI=1S/C24H30F3N5O2/c1-4-34-18-11-16(7-9-29-18)19-20(32-10-8-23(3,28)13-32)17(12-30-21(19)24(25,26)27)22(33)31-14(2)15-5-6-15/h7,9,11-12,14-15H,4-6,8,10,13,28H2,1-3H3,(H,31,33)/t14-,23-/m0/s1. The van der Waals surface area contributed by atoms with E-state index in [-0.39, 0.29) is 34.3 Å². The third-order valence-electron chi connectivity index (χ3n) is 6.39. The van der Waals surface area contributed by atoms with Crippen LogP contribution in [0.2, 0.25) is 0 Å². The smallest absolute Gasteiger partial charge is 0.434 e. The quantitative estimate of drug-likeness (QED) is 0.626. The largest absolute Gasteiger partial charge is 0.478 e. The van der Waals surface area contributed by atoms with Crippen LogP contribution in [0.5, 0.6) is 5.88 Å². The molecule has 0 spiro atoms. The van der Waals surface area contributed by atoms with E-state index in [1.165, 1.54) is 18.3 Å². The van der Waals surface area contributed by atoms with E-state index in [1.54, 1.807) is 11.8 Å². The number of pyridine rings is 2. The molecule has 3 heterocycles. The topological polar surface area (TPSA) is 93.4 Å². The maximum Gasteiger partial charge on any atom is 0.434 e. The van der Waals surface area contributed by atoms with Crippen LogP contribution in [-0.2, 0) is 6.18 Å². The zero-order valence-corrected chi connectivity index (χ0v) is 19.6. The first-order chi connectivity index (χ1) is 16.0. The second-order valence-electron chi connectivity index (χ2n) is 9.48. The first kappa shape index (κ1) is 24.3. The molecule has 1 saturated carbocycles. The normalized spacial score (nSPS) is 21.4. The van der Waals surface area contributed by atoms with Crippen molar-refractivity contribution in [1.82, 2.24) is 15.3 Å². The van der Waals surface area contributed by atoms with Gasteiger partial charge in [-0.15, -0.1) is 0 Å². The van der Waals surface area contributed by atoms with Crippen LogP contribution in [0.4, 0.5) is 18.9 Å². The molecule has 0 bridgehead atoms. The van der Waals surface area contributed by atoms with E-state index < -0.39 is 23.3 Å². The molecule has 1 amide bonds. The van der Waals surface area contributed by atoms with Crippen LogP contribution >= 0.6 is 0 Å². The molecule has 3 N–H and O–H groups in total. The van der Waals surface area contributed by atoms with Gasteiger partial charge in [0.1, 0.15) is 0 Å². The van der Waals surface area contributed by atoms with Gasteiger partial charge in [-0.1, -0.05) is 0 Å². The fourth-order valence-corrected chi connectivity index (χ4v) is 4.45. The van der Waals surface area contributed by atoms with Crippen molar-refractivity contribution in [3.63, 3.8) is 0 Å². The summed E-state index contributed by atoms with van der Waals surface area (Å²) in [5.74, 6) is 0.144. The number of nitrogens with two attached hydrogens (primary N) is 1. The Balaban J connectivity index is 1.91. The van der Waals surface area contributed by atoms with Crippen LogP contribution in [0.1, 0.15) is 56.1 Å². The van der Waals surface area contributed by atoms with Crippen molar-refractivity contribution in [3.05, 3.63) is 35.8 Å². The Hall–Kier alpha value is -2.88. The summed E-state index contributed by atoms with van der Waals surface area (Å²) in [6.07, 6.45) is 0.327. The summed E-state index contributed by atoms with van der Waals surface area (Å²) in [5, 5.41) is 2.96. The third kappa shape index (κ3) is 5.11. The monoisotopic (exact) mass is 477 g/mol. The Morgan fingerprint density at radius 3 is 2.71 bits per heavy atom. The summed E-state index contributed by atoms with van der Waals surface area (Å²) in [4.78, 5) is 22.9. The Labute approximate surface area is 196 Å². The number of hydrogen-bond donors (Lipinski definition) is 2. The van der Waals surface area contributed by atoms with Crippen LogP contribution in [0, 0.1) is 5.92 Å². The molecule has 7 nitrogen and oxygen atoms in total. The lowest BCUT2D eigenvalue weighted by atomic mass is 9.97. The Bertz CT molecular complexity index is 1070. The molecule has 0 aromatic carbocycles. The van der Waals surface area contributed by atoms with Gasteiger partial charge in [0.15, 0.2) is 5.69 Å². The molecule has 2 aliphatic rings. The predicted octanol–water partition coefficient (Wildman–Crippen LogP) is 4.02. The summed E-state index contributed by atoms with van der Waals surface area (Å²) in [7, 11) is 0. The van der Waals surface area contributed by atoms with Gasteiger partial charge in [-0.05, 0) is 57.6 Å². The minimum atomic E-state index is -4.73. The lowest BCUT2D eigenvalue weighted by Gasteiger charge is -2.28. The first-order valence-corrected chi connectivity index (χ1v) is 11.5. The molecule has 34 heavy (non-hydrogen) atoms. The second-order valence-corrected chi connectivity index (χ2v) is 9.48. The predicted molar refractivity (Wildman–Crippen MR) is 123 cm³/mol. The van der Waals surface area contributed by atoms with E-state index in [0.29, 0.717) is 32.0 Å². The molecule has 2 fully saturated rings. The number of carbonyl (C=O) groups is 1. The van der Waals surface area contributed by atoms with E-state index in [0.717, 1.165) is 19.0 Å². The average molecular weight is 478 g/mol. The fraction of sp³-hybridized carbons (Fsp3) is 0.542. The molecule has 4 rings (SSSR count). The minimum absolute atomic E-state index is 0.0741. The van der Waals surface area contributed by atoms with E-state index in [4.69, 9.17) is 10.5 Å². The summed E-state index contributed by atoms with van der Waals surface area (Å²) >= 11 is 0. The van der Waals surface area contributed by atoms with Crippen molar-refractivity contribution >= 4 is 11.6 Å². The van der Waals surface area contributed by atoms with Crippen LogP contribution in [0.25, 0.3) is 11.1 Å². The van der Waals surface area contributed by atoms with Crippen molar-refractivity contribution in [2.24, 2.45) is 11.7 Å². The number of ether oxygens (including phenoxy) is 1. The Kier molecular flexibility index (Phi) is 6.46. The van der Waals surface area contributed by atoms with E-state index in [2.05, 4.69) is 15.3 Å². The van der Waals surface area contributed by atoms with Gasteiger partial charge < -0.3 is 20.7 Å². The molecule has 2 aromatic heterocycles. The maximum atomic E-state index is 14.2. The van der Waals surface area contributed by atoms with Gasteiger partial charge >= 0.3 is 6.18 Å². The van der Waals surface area contributed by atoms with Crippen molar-refractivity contribution < 1.29 is 22.7 Å². The highest BCUT2D eigenvalue weighted by molar-refractivity contribution is 6.04. The van der Waals surface area contributed by atoms with E-state index in [9.17, 15) is 18.0 Å². The number of carbonyl (C=O) groups excluding carboxylic acids is 1. The van der Waals surface area contributed by atoms with Gasteiger partial charge in [0.25, 0.3) is 5.91 Å². The van der Waals surface area contributed by atoms with Crippen molar-refractivity contribution in [2.45, 2.75) is 57.8 Å². The number of rotatable bonds is 7. The second kappa shape index (κ2) is 9.05. The summed E-state index contributed by atoms with van der Waals surface area (Å²) in [6.45, 7) is 6.57. The highest BCUT2D eigenvalue weighted by Crippen LogP contribution is 2.45. The number of hydrogen-bond acceptors (Lipinski definition) is 6. The molecule has 0 radical (unpaired) electrons. The number of nitrogens with one attached hydrogen (secondary N) is 1. The zero-order chi connectivity index (χ0) is 24.7. The average Bonchev–Trinajstić information content (AvgIpc) is 3.55. The molecule has 0 unspecified atom stereocenters. The molecule has 184 valence electrons. The molecular formula is C24H30F3N5O2. The highest BCUT2D eigenvalue weighted by Gasteiger charge is 2.41. The van der Waals surface area contributed by atoms with E-state index in [1.807, 2.05) is 13.8 Å². The SMILES string of the molecule is CCOc1cc(-c2c(C(F)(F)F)ncc(C(=O)N[C@@H](C)C3CC3)c2N2CC[C@](C)(N)C2)ccn1. The van der Waals surface area contributed by atoms with Gasteiger partial charge in [0, 0.05) is 48.7 Å². The molecular weight excluding hydrogens is 447 g/mol. The molecule has 1 saturated heterocycles. The van der Waals surface area contributed by atoms with Gasteiger partial charge in [-0.25, -0.2) is 4.98 Å². The molecule has 1 aliphatic carbocycles. The van der Waals surface area contributed by atoms with E-state index >= 15 is 0 Å².